The summed E-state index contributed by atoms with van der Waals surface area (Å²) in [5.74, 6) is 0.560. The molecule has 0 bridgehead atoms. The quantitative estimate of drug-likeness (QED) is 0.768. The van der Waals surface area contributed by atoms with Gasteiger partial charge < -0.3 is 15.8 Å². The molecule has 3 N–H and O–H groups in total. The zero-order valence-corrected chi connectivity index (χ0v) is 9.91. The molecular formula is C12H18N2O2. The first-order chi connectivity index (χ1) is 7.58. The van der Waals surface area contributed by atoms with Gasteiger partial charge in [-0.25, -0.2) is 0 Å². The summed E-state index contributed by atoms with van der Waals surface area (Å²) in [5, 5.41) is 2.82. The fourth-order valence-electron chi connectivity index (χ4n) is 1.25. The molecule has 1 atom stereocenters. The van der Waals surface area contributed by atoms with Crippen LogP contribution in [0.15, 0.2) is 18.2 Å². The molecule has 1 aromatic rings. The smallest absolute Gasteiger partial charge is 0.227 e. The zero-order valence-electron chi connectivity index (χ0n) is 9.91. The van der Waals surface area contributed by atoms with Crippen LogP contribution in [0.5, 0.6) is 5.75 Å². The average molecular weight is 222 g/mol. The van der Waals surface area contributed by atoms with Crippen molar-refractivity contribution in [3.8, 4) is 5.75 Å². The van der Waals surface area contributed by atoms with E-state index in [0.717, 1.165) is 6.42 Å². The van der Waals surface area contributed by atoms with Crippen LogP contribution in [-0.2, 0) is 4.79 Å². The maximum Gasteiger partial charge on any atom is 0.227 e. The second-order valence-electron chi connectivity index (χ2n) is 3.76. The van der Waals surface area contributed by atoms with Crippen LogP contribution in [0.3, 0.4) is 0 Å². The molecule has 1 amide bonds. The number of nitrogens with one attached hydrogen (secondary N) is 1. The number of carbonyl (C=O) groups excluding carboxylic acids is 1. The maximum atomic E-state index is 11.7. The van der Waals surface area contributed by atoms with Crippen LogP contribution in [0.4, 0.5) is 11.4 Å². The Morgan fingerprint density at radius 1 is 1.56 bits per heavy atom. The van der Waals surface area contributed by atoms with Crippen LogP contribution in [-0.4, -0.2) is 13.0 Å². The number of nitrogens with two attached hydrogens (primary N) is 1. The number of hydrogen-bond acceptors (Lipinski definition) is 3. The standard InChI is InChI=1S/C12H18N2O2/c1-4-8(2)12(15)14-10-6-5-9(13)7-11(10)16-3/h5-8H,4,13H2,1-3H3,(H,14,15). The number of nitrogen functional groups attached to an aromatic ring is 1. The molecule has 1 unspecified atom stereocenters. The van der Waals surface area contributed by atoms with Crippen molar-refractivity contribution >= 4 is 17.3 Å². The highest BCUT2D eigenvalue weighted by molar-refractivity contribution is 5.94. The minimum atomic E-state index is -0.0118. The summed E-state index contributed by atoms with van der Waals surface area (Å²) < 4.78 is 5.15. The summed E-state index contributed by atoms with van der Waals surface area (Å²) in [6, 6.07) is 5.16. The highest BCUT2D eigenvalue weighted by Crippen LogP contribution is 2.27. The third kappa shape index (κ3) is 2.89. The third-order valence-electron chi connectivity index (χ3n) is 2.54. The Kier molecular flexibility index (Phi) is 4.17. The summed E-state index contributed by atoms with van der Waals surface area (Å²) in [4.78, 5) is 11.7. The first-order valence-corrected chi connectivity index (χ1v) is 5.32. The lowest BCUT2D eigenvalue weighted by Crippen LogP contribution is -2.20. The number of anilines is 2. The van der Waals surface area contributed by atoms with Crippen molar-refractivity contribution in [2.45, 2.75) is 20.3 Å². The molecule has 0 aliphatic carbocycles. The largest absolute Gasteiger partial charge is 0.494 e. The van der Waals surface area contributed by atoms with Gasteiger partial charge in [0.15, 0.2) is 0 Å². The Balaban J connectivity index is 2.84. The van der Waals surface area contributed by atoms with Gasteiger partial charge in [-0.15, -0.1) is 0 Å². The predicted octanol–water partition coefficient (Wildman–Crippen LogP) is 2.26. The molecule has 0 aromatic heterocycles. The average Bonchev–Trinajstić information content (AvgIpc) is 2.30. The number of rotatable bonds is 4. The Morgan fingerprint density at radius 2 is 2.25 bits per heavy atom. The van der Waals surface area contributed by atoms with E-state index in [4.69, 9.17) is 10.5 Å². The van der Waals surface area contributed by atoms with Gasteiger partial charge in [0, 0.05) is 17.7 Å². The van der Waals surface area contributed by atoms with Gasteiger partial charge in [-0.1, -0.05) is 13.8 Å². The van der Waals surface area contributed by atoms with Crippen molar-refractivity contribution in [2.75, 3.05) is 18.2 Å². The van der Waals surface area contributed by atoms with E-state index in [2.05, 4.69) is 5.32 Å². The number of ether oxygens (including phenoxy) is 1. The van der Waals surface area contributed by atoms with Crippen LogP contribution in [0, 0.1) is 5.92 Å². The van der Waals surface area contributed by atoms with Crippen molar-refractivity contribution in [1.82, 2.24) is 0 Å². The van der Waals surface area contributed by atoms with E-state index in [9.17, 15) is 4.79 Å². The lowest BCUT2D eigenvalue weighted by atomic mass is 10.1. The SMILES string of the molecule is CCC(C)C(=O)Nc1ccc(N)cc1OC. The third-order valence-corrected chi connectivity index (χ3v) is 2.54. The first-order valence-electron chi connectivity index (χ1n) is 5.32. The number of benzene rings is 1. The maximum absolute atomic E-state index is 11.7. The minimum absolute atomic E-state index is 0.00873. The molecule has 0 aliphatic heterocycles. The lowest BCUT2D eigenvalue weighted by molar-refractivity contribution is -0.119. The van der Waals surface area contributed by atoms with Gasteiger partial charge in [0.2, 0.25) is 5.91 Å². The summed E-state index contributed by atoms with van der Waals surface area (Å²) in [5.41, 5.74) is 6.89. The van der Waals surface area contributed by atoms with E-state index < -0.39 is 0 Å². The van der Waals surface area contributed by atoms with Gasteiger partial charge in [-0.2, -0.15) is 0 Å². The van der Waals surface area contributed by atoms with Crippen molar-refractivity contribution in [2.24, 2.45) is 5.92 Å². The molecule has 0 aliphatic rings. The second-order valence-corrected chi connectivity index (χ2v) is 3.76. The van der Waals surface area contributed by atoms with Gasteiger partial charge in [0.05, 0.1) is 12.8 Å². The van der Waals surface area contributed by atoms with E-state index in [0.29, 0.717) is 17.1 Å². The Bertz CT molecular complexity index is 377. The molecule has 0 heterocycles. The fraction of sp³-hybridized carbons (Fsp3) is 0.417. The van der Waals surface area contributed by atoms with E-state index in [1.807, 2.05) is 13.8 Å². The van der Waals surface area contributed by atoms with Crippen molar-refractivity contribution in [3.63, 3.8) is 0 Å². The minimum Gasteiger partial charge on any atom is -0.494 e. The number of amides is 1. The molecule has 0 spiro atoms. The zero-order chi connectivity index (χ0) is 12.1. The molecule has 4 nitrogen and oxygen atoms in total. The van der Waals surface area contributed by atoms with Crippen LogP contribution in [0.2, 0.25) is 0 Å². The van der Waals surface area contributed by atoms with Crippen LogP contribution >= 0.6 is 0 Å². The normalized spacial score (nSPS) is 11.9. The summed E-state index contributed by atoms with van der Waals surface area (Å²) in [6.07, 6.45) is 0.809. The summed E-state index contributed by atoms with van der Waals surface area (Å²) in [7, 11) is 1.55. The monoisotopic (exact) mass is 222 g/mol. The molecule has 0 radical (unpaired) electrons. The van der Waals surface area contributed by atoms with Crippen LogP contribution in [0.1, 0.15) is 20.3 Å². The topological polar surface area (TPSA) is 64.4 Å². The van der Waals surface area contributed by atoms with Crippen molar-refractivity contribution < 1.29 is 9.53 Å². The molecule has 16 heavy (non-hydrogen) atoms. The van der Waals surface area contributed by atoms with Gasteiger partial charge in [-0.3, -0.25) is 4.79 Å². The van der Waals surface area contributed by atoms with Gasteiger partial charge in [0.25, 0.3) is 0 Å². The van der Waals surface area contributed by atoms with Crippen LogP contribution < -0.4 is 15.8 Å². The molecule has 0 fully saturated rings. The molecule has 0 saturated heterocycles. The van der Waals surface area contributed by atoms with Crippen molar-refractivity contribution in [3.05, 3.63) is 18.2 Å². The fourth-order valence-corrected chi connectivity index (χ4v) is 1.25. The van der Waals surface area contributed by atoms with Gasteiger partial charge >= 0.3 is 0 Å². The first kappa shape index (κ1) is 12.4. The molecule has 88 valence electrons. The predicted molar refractivity (Wildman–Crippen MR) is 65.5 cm³/mol. The van der Waals surface area contributed by atoms with Gasteiger partial charge in [-0.05, 0) is 18.6 Å². The van der Waals surface area contributed by atoms with E-state index >= 15 is 0 Å². The lowest BCUT2D eigenvalue weighted by Gasteiger charge is -2.13. The highest BCUT2D eigenvalue weighted by atomic mass is 16.5. The molecule has 1 rings (SSSR count). The Labute approximate surface area is 95.8 Å². The Morgan fingerprint density at radius 3 is 2.81 bits per heavy atom. The summed E-state index contributed by atoms with van der Waals surface area (Å²) >= 11 is 0. The number of carbonyl (C=O) groups is 1. The number of methoxy groups -OCH3 is 1. The molecule has 0 saturated carbocycles. The molecule has 1 aromatic carbocycles. The Hall–Kier alpha value is -1.71. The second kappa shape index (κ2) is 5.39. The van der Waals surface area contributed by atoms with Crippen LogP contribution in [0.25, 0.3) is 0 Å². The number of hydrogen-bond donors (Lipinski definition) is 2. The van der Waals surface area contributed by atoms with Crippen molar-refractivity contribution in [1.29, 1.82) is 0 Å². The molecular weight excluding hydrogens is 204 g/mol. The van der Waals surface area contributed by atoms with E-state index in [-0.39, 0.29) is 11.8 Å². The van der Waals surface area contributed by atoms with E-state index in [1.54, 1.807) is 25.3 Å². The van der Waals surface area contributed by atoms with E-state index in [1.165, 1.54) is 0 Å². The summed E-state index contributed by atoms with van der Waals surface area (Å²) in [6.45, 7) is 3.86. The van der Waals surface area contributed by atoms with Gasteiger partial charge in [0.1, 0.15) is 5.75 Å². The highest BCUT2D eigenvalue weighted by Gasteiger charge is 2.12. The molecule has 4 heteroatoms.